The number of benzene rings is 1. The van der Waals surface area contributed by atoms with Crippen molar-refractivity contribution in [3.8, 4) is 0 Å². The second kappa shape index (κ2) is 9.05. The average Bonchev–Trinajstić information content (AvgIpc) is 3.07. The number of aryl methyl sites for hydroxylation is 1. The van der Waals surface area contributed by atoms with Gasteiger partial charge in [-0.2, -0.15) is 11.8 Å². The lowest BCUT2D eigenvalue weighted by Gasteiger charge is -2.28. The molecule has 138 valence electrons. The fourth-order valence-electron chi connectivity index (χ4n) is 2.67. The van der Waals surface area contributed by atoms with Crippen molar-refractivity contribution < 1.29 is 9.59 Å². The fourth-order valence-corrected chi connectivity index (χ4v) is 4.26. The minimum absolute atomic E-state index is 0.184. The number of nitrogens with one attached hydrogen (secondary N) is 2. The van der Waals surface area contributed by atoms with Crippen molar-refractivity contribution in [3.63, 3.8) is 0 Å². The number of nitrogens with zero attached hydrogens (tertiary/aromatic N) is 2. The zero-order valence-electron chi connectivity index (χ0n) is 14.6. The van der Waals surface area contributed by atoms with Gasteiger partial charge in [0.05, 0.1) is 5.69 Å². The molecule has 0 radical (unpaired) electrons. The number of carbonyl (C=O) groups excluding carboxylic acids is 2. The van der Waals surface area contributed by atoms with Gasteiger partial charge in [0.2, 0.25) is 5.91 Å². The van der Waals surface area contributed by atoms with Crippen molar-refractivity contribution in [1.29, 1.82) is 0 Å². The Morgan fingerprint density at radius 2 is 1.96 bits per heavy atom. The highest BCUT2D eigenvalue weighted by atomic mass is 32.2. The van der Waals surface area contributed by atoms with Gasteiger partial charge in [-0.1, -0.05) is 30.3 Å². The van der Waals surface area contributed by atoms with Gasteiger partial charge in [0.15, 0.2) is 5.13 Å². The van der Waals surface area contributed by atoms with E-state index in [1.165, 1.54) is 11.3 Å². The van der Waals surface area contributed by atoms with Crippen molar-refractivity contribution in [2.24, 2.45) is 0 Å². The highest BCUT2D eigenvalue weighted by Gasteiger charge is 2.25. The van der Waals surface area contributed by atoms with E-state index in [2.05, 4.69) is 15.6 Å². The van der Waals surface area contributed by atoms with Crippen molar-refractivity contribution in [2.45, 2.75) is 19.4 Å². The van der Waals surface area contributed by atoms with Crippen molar-refractivity contribution in [1.82, 2.24) is 15.2 Å². The zero-order valence-corrected chi connectivity index (χ0v) is 16.2. The van der Waals surface area contributed by atoms with Gasteiger partial charge >= 0.3 is 6.03 Å². The molecule has 0 spiro atoms. The van der Waals surface area contributed by atoms with E-state index in [-0.39, 0.29) is 11.9 Å². The first-order chi connectivity index (χ1) is 12.6. The van der Waals surface area contributed by atoms with Gasteiger partial charge in [0, 0.05) is 36.4 Å². The van der Waals surface area contributed by atoms with Crippen LogP contribution in [0.1, 0.15) is 11.3 Å². The third-order valence-corrected chi connectivity index (χ3v) is 5.86. The maximum absolute atomic E-state index is 12.8. The predicted octanol–water partition coefficient (Wildman–Crippen LogP) is 2.76. The predicted molar refractivity (Wildman–Crippen MR) is 107 cm³/mol. The highest BCUT2D eigenvalue weighted by molar-refractivity contribution is 7.99. The highest BCUT2D eigenvalue weighted by Crippen LogP contribution is 2.16. The smallest absolute Gasteiger partial charge is 0.318 e. The Kier molecular flexibility index (Phi) is 6.51. The molecule has 0 aliphatic carbocycles. The van der Waals surface area contributed by atoms with Gasteiger partial charge in [-0.05, 0) is 12.5 Å². The summed E-state index contributed by atoms with van der Waals surface area (Å²) < 4.78 is 0. The summed E-state index contributed by atoms with van der Waals surface area (Å²) in [5.74, 6) is 1.62. The van der Waals surface area contributed by atoms with Crippen LogP contribution in [0.2, 0.25) is 0 Å². The molecule has 1 atom stereocenters. The summed E-state index contributed by atoms with van der Waals surface area (Å²) >= 11 is 3.22. The fraction of sp³-hybridized carbons (Fsp3) is 0.389. The molecule has 3 amide bonds. The Morgan fingerprint density at radius 3 is 2.62 bits per heavy atom. The third-order valence-electron chi connectivity index (χ3n) is 4.04. The molecule has 8 heteroatoms. The number of urea groups is 1. The summed E-state index contributed by atoms with van der Waals surface area (Å²) in [4.78, 5) is 31.4. The molecule has 1 fully saturated rings. The van der Waals surface area contributed by atoms with Gasteiger partial charge in [0.1, 0.15) is 6.04 Å². The minimum Gasteiger partial charge on any atom is -0.326 e. The quantitative estimate of drug-likeness (QED) is 0.823. The lowest BCUT2D eigenvalue weighted by molar-refractivity contribution is -0.118. The van der Waals surface area contributed by atoms with Gasteiger partial charge < -0.3 is 15.5 Å². The Balaban J connectivity index is 1.69. The molecule has 1 aliphatic rings. The summed E-state index contributed by atoms with van der Waals surface area (Å²) in [6, 6.07) is 8.87. The van der Waals surface area contributed by atoms with Crippen LogP contribution in [-0.2, 0) is 11.2 Å². The number of carbonyl (C=O) groups is 2. The Morgan fingerprint density at radius 1 is 1.23 bits per heavy atom. The largest absolute Gasteiger partial charge is 0.326 e. The standard InChI is InChI=1S/C18H22N4O2S2/c1-13-12-26-17(19-13)21-16(23)15(11-14-5-3-2-4-6-14)20-18(24)22-7-9-25-10-8-22/h2-6,12,15H,7-11H2,1H3,(H,20,24)(H,19,21,23)/t15-/m0/s1. The summed E-state index contributed by atoms with van der Waals surface area (Å²) in [7, 11) is 0. The van der Waals surface area contributed by atoms with Gasteiger partial charge in [-0.15, -0.1) is 11.3 Å². The molecule has 1 saturated heterocycles. The summed E-state index contributed by atoms with van der Waals surface area (Å²) in [6.45, 7) is 3.30. The number of anilines is 1. The molecule has 3 rings (SSSR count). The van der Waals surface area contributed by atoms with E-state index in [0.717, 1.165) is 22.8 Å². The number of thiazole rings is 1. The summed E-state index contributed by atoms with van der Waals surface area (Å²) in [5, 5.41) is 8.16. The van der Waals surface area contributed by atoms with E-state index in [9.17, 15) is 9.59 Å². The third kappa shape index (κ3) is 5.22. The van der Waals surface area contributed by atoms with Crippen LogP contribution in [0.25, 0.3) is 0 Å². The second-order valence-electron chi connectivity index (χ2n) is 6.07. The van der Waals surface area contributed by atoms with Crippen molar-refractivity contribution >= 4 is 40.2 Å². The van der Waals surface area contributed by atoms with Crippen LogP contribution >= 0.6 is 23.1 Å². The first-order valence-corrected chi connectivity index (χ1v) is 10.6. The first kappa shape index (κ1) is 18.7. The molecule has 2 aromatic rings. The molecule has 1 aromatic carbocycles. The maximum atomic E-state index is 12.8. The lowest BCUT2D eigenvalue weighted by Crippen LogP contribution is -2.52. The second-order valence-corrected chi connectivity index (χ2v) is 8.16. The van der Waals surface area contributed by atoms with Crippen LogP contribution in [0.5, 0.6) is 0 Å². The van der Waals surface area contributed by atoms with Crippen LogP contribution < -0.4 is 10.6 Å². The summed E-state index contributed by atoms with van der Waals surface area (Å²) in [6.07, 6.45) is 0.436. The van der Waals surface area contributed by atoms with Gasteiger partial charge in [-0.3, -0.25) is 4.79 Å². The number of hydrogen-bond acceptors (Lipinski definition) is 5. The molecule has 0 saturated carbocycles. The van der Waals surface area contributed by atoms with Gasteiger partial charge in [0.25, 0.3) is 0 Å². The number of aromatic nitrogens is 1. The van der Waals surface area contributed by atoms with Crippen molar-refractivity contribution in [3.05, 3.63) is 47.0 Å². The van der Waals surface area contributed by atoms with Crippen LogP contribution in [0.15, 0.2) is 35.7 Å². The molecular weight excluding hydrogens is 368 g/mol. The Labute approximate surface area is 161 Å². The maximum Gasteiger partial charge on any atom is 0.318 e. The molecule has 2 N–H and O–H groups in total. The van der Waals surface area contributed by atoms with E-state index in [1.807, 2.05) is 54.4 Å². The SMILES string of the molecule is Cc1csc(NC(=O)[C@H](Cc2ccccc2)NC(=O)N2CCSCC2)n1. The molecule has 1 aromatic heterocycles. The van der Waals surface area contributed by atoms with Crippen LogP contribution in [0, 0.1) is 6.92 Å². The number of hydrogen-bond donors (Lipinski definition) is 2. The summed E-state index contributed by atoms with van der Waals surface area (Å²) in [5.41, 5.74) is 1.86. The average molecular weight is 391 g/mol. The van der Waals surface area contributed by atoms with E-state index in [1.54, 1.807) is 4.90 Å². The van der Waals surface area contributed by atoms with E-state index in [0.29, 0.717) is 24.6 Å². The van der Waals surface area contributed by atoms with Crippen molar-refractivity contribution in [2.75, 3.05) is 29.9 Å². The zero-order chi connectivity index (χ0) is 18.4. The molecule has 6 nitrogen and oxygen atoms in total. The number of rotatable bonds is 5. The molecule has 2 heterocycles. The monoisotopic (exact) mass is 390 g/mol. The molecule has 1 aliphatic heterocycles. The molecule has 26 heavy (non-hydrogen) atoms. The Bertz CT molecular complexity index is 745. The number of amides is 3. The normalized spacial score (nSPS) is 15.3. The van der Waals surface area contributed by atoms with E-state index < -0.39 is 6.04 Å². The first-order valence-electron chi connectivity index (χ1n) is 8.52. The van der Waals surface area contributed by atoms with Crippen LogP contribution in [-0.4, -0.2) is 52.5 Å². The van der Waals surface area contributed by atoms with E-state index >= 15 is 0 Å². The molecular formula is C18H22N4O2S2. The topological polar surface area (TPSA) is 74.3 Å². The van der Waals surface area contributed by atoms with E-state index in [4.69, 9.17) is 0 Å². The number of thioether (sulfide) groups is 1. The lowest BCUT2D eigenvalue weighted by atomic mass is 10.1. The molecule has 0 unspecified atom stereocenters. The molecule has 0 bridgehead atoms. The minimum atomic E-state index is -0.649. The van der Waals surface area contributed by atoms with Gasteiger partial charge in [-0.25, -0.2) is 9.78 Å². The van der Waals surface area contributed by atoms with Crippen LogP contribution in [0.4, 0.5) is 9.93 Å². The van der Waals surface area contributed by atoms with Crippen LogP contribution in [0.3, 0.4) is 0 Å². The Hall–Kier alpha value is -2.06.